The van der Waals surface area contributed by atoms with Crippen molar-refractivity contribution in [3.8, 4) is 0 Å². The Morgan fingerprint density at radius 3 is 2.76 bits per heavy atom. The van der Waals surface area contributed by atoms with Gasteiger partial charge in [-0.25, -0.2) is 4.79 Å². The molecular weight excluding hydrogens is 315 g/mol. The third-order valence-corrected chi connectivity index (χ3v) is 3.65. The summed E-state index contributed by atoms with van der Waals surface area (Å²) in [4.78, 5) is 14.0. The number of hydrogen-bond donors (Lipinski definition) is 2. The SMILES string of the molecule is C[C@H](O)C[C@@H]1COCCN1C(=O)Nc1cc(Cl)cc(Cl)c1. The van der Waals surface area contributed by atoms with E-state index in [0.29, 0.717) is 41.9 Å². The van der Waals surface area contributed by atoms with Crippen LogP contribution in [0.25, 0.3) is 0 Å². The topological polar surface area (TPSA) is 61.8 Å². The molecule has 0 aromatic heterocycles. The Kier molecular flexibility index (Phi) is 5.70. The number of amides is 2. The zero-order chi connectivity index (χ0) is 15.4. The Hall–Kier alpha value is -1.01. The zero-order valence-corrected chi connectivity index (χ0v) is 13.2. The van der Waals surface area contributed by atoms with Gasteiger partial charge in [-0.1, -0.05) is 23.2 Å². The van der Waals surface area contributed by atoms with E-state index in [1.165, 1.54) is 0 Å². The molecule has 1 aliphatic rings. The van der Waals surface area contributed by atoms with Crippen LogP contribution in [0.1, 0.15) is 13.3 Å². The smallest absolute Gasteiger partial charge is 0.322 e. The second-order valence-corrected chi connectivity index (χ2v) is 5.97. The molecule has 2 N–H and O–H groups in total. The second-order valence-electron chi connectivity index (χ2n) is 5.10. The van der Waals surface area contributed by atoms with Gasteiger partial charge in [0.15, 0.2) is 0 Å². The number of nitrogens with one attached hydrogen (secondary N) is 1. The van der Waals surface area contributed by atoms with E-state index in [-0.39, 0.29) is 12.1 Å². The van der Waals surface area contributed by atoms with Crippen molar-refractivity contribution in [1.82, 2.24) is 4.90 Å². The van der Waals surface area contributed by atoms with E-state index >= 15 is 0 Å². The lowest BCUT2D eigenvalue weighted by Gasteiger charge is -2.36. The van der Waals surface area contributed by atoms with Crippen LogP contribution < -0.4 is 5.32 Å². The molecule has 1 aliphatic heterocycles. The molecule has 1 aromatic rings. The predicted molar refractivity (Wildman–Crippen MR) is 83.1 cm³/mol. The molecule has 0 saturated carbocycles. The summed E-state index contributed by atoms with van der Waals surface area (Å²) in [6.07, 6.45) is -0.0170. The summed E-state index contributed by atoms with van der Waals surface area (Å²) in [5.41, 5.74) is 0.541. The molecule has 1 fully saturated rings. The highest BCUT2D eigenvalue weighted by atomic mass is 35.5. The summed E-state index contributed by atoms with van der Waals surface area (Å²) in [6, 6.07) is 4.48. The lowest BCUT2D eigenvalue weighted by Crippen LogP contribution is -2.51. The molecule has 0 radical (unpaired) electrons. The monoisotopic (exact) mass is 332 g/mol. The third kappa shape index (κ3) is 4.74. The molecule has 5 nitrogen and oxygen atoms in total. The second kappa shape index (κ2) is 7.31. The highest BCUT2D eigenvalue weighted by Crippen LogP contribution is 2.23. The summed E-state index contributed by atoms with van der Waals surface area (Å²) in [6.45, 7) is 3.09. The summed E-state index contributed by atoms with van der Waals surface area (Å²) < 4.78 is 5.38. The van der Waals surface area contributed by atoms with Gasteiger partial charge in [-0.3, -0.25) is 0 Å². The Morgan fingerprint density at radius 1 is 1.48 bits per heavy atom. The molecule has 0 spiro atoms. The number of aliphatic hydroxyl groups is 1. The van der Waals surface area contributed by atoms with Gasteiger partial charge in [0, 0.05) is 22.3 Å². The normalized spacial score (nSPS) is 20.2. The maximum atomic E-state index is 12.4. The van der Waals surface area contributed by atoms with Crippen molar-refractivity contribution < 1.29 is 14.6 Å². The van der Waals surface area contributed by atoms with E-state index in [1.807, 2.05) is 0 Å². The predicted octanol–water partition coefficient (Wildman–Crippen LogP) is 3.00. The number of ether oxygens (including phenoxy) is 1. The molecule has 0 aliphatic carbocycles. The fourth-order valence-corrected chi connectivity index (χ4v) is 2.86. The average Bonchev–Trinajstić information content (AvgIpc) is 2.37. The quantitative estimate of drug-likeness (QED) is 0.894. The number of benzene rings is 1. The first-order valence-electron chi connectivity index (χ1n) is 6.75. The van der Waals surface area contributed by atoms with Crippen molar-refractivity contribution in [2.45, 2.75) is 25.5 Å². The summed E-state index contributed by atoms with van der Waals surface area (Å²) in [5, 5.41) is 13.2. The first kappa shape index (κ1) is 16.4. The van der Waals surface area contributed by atoms with Gasteiger partial charge in [0.05, 0.1) is 25.4 Å². The van der Waals surface area contributed by atoms with Crippen molar-refractivity contribution in [3.63, 3.8) is 0 Å². The van der Waals surface area contributed by atoms with Crippen LogP contribution in [0.15, 0.2) is 18.2 Å². The van der Waals surface area contributed by atoms with Crippen LogP contribution in [0.3, 0.4) is 0 Å². The Labute approximate surface area is 133 Å². The Balaban J connectivity index is 2.06. The molecule has 2 atom stereocenters. The number of nitrogens with zero attached hydrogens (tertiary/aromatic N) is 1. The van der Waals surface area contributed by atoms with Crippen LogP contribution in [0.2, 0.25) is 10.0 Å². The zero-order valence-electron chi connectivity index (χ0n) is 11.7. The first-order chi connectivity index (χ1) is 9.95. The lowest BCUT2D eigenvalue weighted by molar-refractivity contribution is -0.00160. The van der Waals surface area contributed by atoms with Gasteiger partial charge >= 0.3 is 6.03 Å². The molecule has 116 valence electrons. The van der Waals surface area contributed by atoms with Crippen LogP contribution in [0, 0.1) is 0 Å². The number of carbonyl (C=O) groups excluding carboxylic acids is 1. The minimum absolute atomic E-state index is 0.145. The van der Waals surface area contributed by atoms with E-state index in [4.69, 9.17) is 27.9 Å². The number of carbonyl (C=O) groups is 1. The number of rotatable bonds is 3. The molecule has 1 heterocycles. The molecule has 0 unspecified atom stereocenters. The largest absolute Gasteiger partial charge is 0.393 e. The lowest BCUT2D eigenvalue weighted by atomic mass is 10.1. The molecular formula is C14H18Cl2N2O3. The van der Waals surface area contributed by atoms with Crippen LogP contribution in [-0.2, 0) is 4.74 Å². The number of aliphatic hydroxyl groups excluding tert-OH is 1. The number of halogens is 2. The van der Waals surface area contributed by atoms with Gasteiger partial charge in [0.2, 0.25) is 0 Å². The van der Waals surface area contributed by atoms with Gasteiger partial charge in [-0.05, 0) is 31.5 Å². The molecule has 1 aromatic carbocycles. The maximum absolute atomic E-state index is 12.4. The van der Waals surface area contributed by atoms with Gasteiger partial charge in [0.1, 0.15) is 0 Å². The maximum Gasteiger partial charge on any atom is 0.322 e. The van der Waals surface area contributed by atoms with Gasteiger partial charge < -0.3 is 20.1 Å². The number of anilines is 1. The summed E-state index contributed by atoms with van der Waals surface area (Å²) in [7, 11) is 0. The van der Waals surface area contributed by atoms with Crippen LogP contribution in [-0.4, -0.2) is 47.9 Å². The van der Waals surface area contributed by atoms with E-state index in [0.717, 1.165) is 0 Å². The standard InChI is InChI=1S/C14H18Cl2N2O3/c1-9(19)4-13-8-21-3-2-18(13)14(20)17-12-6-10(15)5-11(16)7-12/h5-7,9,13,19H,2-4,8H2,1H3,(H,17,20)/t9-,13+/m0/s1. The minimum atomic E-state index is -0.493. The molecule has 0 bridgehead atoms. The highest BCUT2D eigenvalue weighted by molar-refractivity contribution is 6.35. The van der Waals surface area contributed by atoms with Crippen molar-refractivity contribution in [2.75, 3.05) is 25.1 Å². The van der Waals surface area contributed by atoms with Gasteiger partial charge in [-0.2, -0.15) is 0 Å². The van der Waals surface area contributed by atoms with Crippen molar-refractivity contribution >= 4 is 34.9 Å². The average molecular weight is 333 g/mol. The summed E-state index contributed by atoms with van der Waals surface area (Å²) in [5.74, 6) is 0. The van der Waals surface area contributed by atoms with Crippen LogP contribution >= 0.6 is 23.2 Å². The summed E-state index contributed by atoms with van der Waals surface area (Å²) >= 11 is 11.8. The molecule has 7 heteroatoms. The van der Waals surface area contributed by atoms with Crippen molar-refractivity contribution in [2.24, 2.45) is 0 Å². The highest BCUT2D eigenvalue weighted by Gasteiger charge is 2.28. The van der Waals surface area contributed by atoms with Crippen molar-refractivity contribution in [1.29, 1.82) is 0 Å². The Morgan fingerprint density at radius 2 is 2.14 bits per heavy atom. The number of hydrogen-bond acceptors (Lipinski definition) is 3. The molecule has 21 heavy (non-hydrogen) atoms. The molecule has 2 amide bonds. The number of urea groups is 1. The number of morpholine rings is 1. The first-order valence-corrected chi connectivity index (χ1v) is 7.51. The fourth-order valence-electron chi connectivity index (χ4n) is 2.33. The molecule has 1 saturated heterocycles. The third-order valence-electron chi connectivity index (χ3n) is 3.22. The van der Waals surface area contributed by atoms with E-state index < -0.39 is 6.10 Å². The van der Waals surface area contributed by atoms with E-state index in [2.05, 4.69) is 5.32 Å². The van der Waals surface area contributed by atoms with Crippen LogP contribution in [0.5, 0.6) is 0 Å². The Bertz CT molecular complexity index is 491. The van der Waals surface area contributed by atoms with E-state index in [9.17, 15) is 9.90 Å². The fraction of sp³-hybridized carbons (Fsp3) is 0.500. The van der Waals surface area contributed by atoms with Gasteiger partial charge in [0.25, 0.3) is 0 Å². The van der Waals surface area contributed by atoms with E-state index in [1.54, 1.807) is 30.0 Å². The van der Waals surface area contributed by atoms with Crippen LogP contribution in [0.4, 0.5) is 10.5 Å². The molecule has 2 rings (SSSR count). The van der Waals surface area contributed by atoms with Crippen molar-refractivity contribution in [3.05, 3.63) is 28.2 Å². The minimum Gasteiger partial charge on any atom is -0.393 e. The van der Waals surface area contributed by atoms with Gasteiger partial charge in [-0.15, -0.1) is 0 Å².